The summed E-state index contributed by atoms with van der Waals surface area (Å²) < 4.78 is 0.918. The fraction of sp³-hybridized carbons (Fsp3) is 0.154. The maximum absolute atomic E-state index is 12.4. The standard InChI is InChI=1S/C13H9Cl3N4O2S/c1-2-23-20-12(21)11(9(5-17)18-13(20)22)19-10-7(15)3-6(14)4-8(10)16/h3-4,19H,2H2,1H3,(H,18,22). The van der Waals surface area contributed by atoms with E-state index in [1.807, 2.05) is 0 Å². The van der Waals surface area contributed by atoms with E-state index < -0.39 is 11.2 Å². The summed E-state index contributed by atoms with van der Waals surface area (Å²) in [6, 6.07) is 4.64. The van der Waals surface area contributed by atoms with Gasteiger partial charge in [-0.3, -0.25) is 9.78 Å². The number of hydrogen-bond donors (Lipinski definition) is 2. The normalized spacial score (nSPS) is 10.4. The molecule has 0 bridgehead atoms. The lowest BCUT2D eigenvalue weighted by molar-refractivity contribution is 0.968. The van der Waals surface area contributed by atoms with Crippen LogP contribution >= 0.6 is 46.8 Å². The lowest BCUT2D eigenvalue weighted by Crippen LogP contribution is -2.34. The monoisotopic (exact) mass is 390 g/mol. The van der Waals surface area contributed by atoms with Crippen molar-refractivity contribution in [2.45, 2.75) is 6.92 Å². The van der Waals surface area contributed by atoms with E-state index in [0.29, 0.717) is 10.8 Å². The fourth-order valence-electron chi connectivity index (χ4n) is 1.75. The van der Waals surface area contributed by atoms with E-state index in [4.69, 9.17) is 40.1 Å². The van der Waals surface area contributed by atoms with Gasteiger partial charge in [-0.25, -0.2) is 4.79 Å². The topological polar surface area (TPSA) is 90.7 Å². The van der Waals surface area contributed by atoms with Crippen LogP contribution in [0.2, 0.25) is 15.1 Å². The van der Waals surface area contributed by atoms with E-state index >= 15 is 0 Å². The van der Waals surface area contributed by atoms with Crippen molar-refractivity contribution in [3.8, 4) is 6.07 Å². The summed E-state index contributed by atoms with van der Waals surface area (Å²) in [5.74, 6) is 0.497. The first-order chi connectivity index (χ1) is 10.9. The lowest BCUT2D eigenvalue weighted by atomic mass is 10.3. The summed E-state index contributed by atoms with van der Waals surface area (Å²) in [6.07, 6.45) is 0. The van der Waals surface area contributed by atoms with Gasteiger partial charge in [0.15, 0.2) is 5.69 Å². The number of hydrogen-bond acceptors (Lipinski definition) is 5. The first-order valence-electron chi connectivity index (χ1n) is 6.23. The van der Waals surface area contributed by atoms with Crippen LogP contribution in [0.5, 0.6) is 0 Å². The fourth-order valence-corrected chi connectivity index (χ4v) is 3.29. The van der Waals surface area contributed by atoms with Gasteiger partial charge in [0, 0.05) is 10.8 Å². The van der Waals surface area contributed by atoms with Crippen LogP contribution in [0, 0.1) is 11.3 Å². The molecule has 0 saturated heterocycles. The Balaban J connectivity index is 2.65. The second-order valence-corrected chi connectivity index (χ2v) is 6.63. The van der Waals surface area contributed by atoms with Crippen molar-refractivity contribution in [3.63, 3.8) is 0 Å². The molecule has 0 radical (unpaired) electrons. The average Bonchev–Trinajstić information content (AvgIpc) is 2.48. The van der Waals surface area contributed by atoms with Gasteiger partial charge in [0.2, 0.25) is 0 Å². The van der Waals surface area contributed by atoms with Crippen LogP contribution in [0.25, 0.3) is 0 Å². The molecule has 2 N–H and O–H groups in total. The van der Waals surface area contributed by atoms with Crippen LogP contribution in [0.4, 0.5) is 11.4 Å². The summed E-state index contributed by atoms with van der Waals surface area (Å²) in [7, 11) is 0. The van der Waals surface area contributed by atoms with Gasteiger partial charge in [0.25, 0.3) is 5.56 Å². The highest BCUT2D eigenvalue weighted by Crippen LogP contribution is 2.35. The van der Waals surface area contributed by atoms with Crippen LogP contribution in [0.3, 0.4) is 0 Å². The summed E-state index contributed by atoms with van der Waals surface area (Å²) in [4.78, 5) is 26.6. The van der Waals surface area contributed by atoms with Crippen molar-refractivity contribution >= 4 is 58.1 Å². The van der Waals surface area contributed by atoms with Gasteiger partial charge in [-0.1, -0.05) is 41.7 Å². The molecular formula is C13H9Cl3N4O2S. The molecule has 0 aliphatic carbocycles. The molecule has 2 aromatic rings. The molecule has 0 unspecified atom stereocenters. The molecule has 6 nitrogen and oxygen atoms in total. The number of aromatic nitrogens is 2. The van der Waals surface area contributed by atoms with E-state index in [0.717, 1.165) is 15.9 Å². The van der Waals surface area contributed by atoms with Gasteiger partial charge in [-0.05, 0) is 24.1 Å². The van der Waals surface area contributed by atoms with E-state index in [-0.39, 0.29) is 27.1 Å². The third-order valence-electron chi connectivity index (χ3n) is 2.69. The predicted molar refractivity (Wildman–Crippen MR) is 94.3 cm³/mol. The number of nitrogens with one attached hydrogen (secondary N) is 2. The maximum Gasteiger partial charge on any atom is 0.339 e. The summed E-state index contributed by atoms with van der Waals surface area (Å²) in [6.45, 7) is 1.79. The smallest absolute Gasteiger partial charge is 0.339 e. The minimum absolute atomic E-state index is 0.126. The molecule has 1 aromatic carbocycles. The van der Waals surface area contributed by atoms with Gasteiger partial charge in [0.1, 0.15) is 11.8 Å². The van der Waals surface area contributed by atoms with Crippen molar-refractivity contribution in [1.82, 2.24) is 8.96 Å². The number of H-pyrrole nitrogens is 1. The summed E-state index contributed by atoms with van der Waals surface area (Å²) in [5.41, 5.74) is -1.47. The van der Waals surface area contributed by atoms with Crippen molar-refractivity contribution in [1.29, 1.82) is 5.26 Å². The summed E-state index contributed by atoms with van der Waals surface area (Å²) in [5, 5.41) is 12.5. The minimum atomic E-state index is -0.683. The predicted octanol–water partition coefficient (Wildman–Crippen LogP) is 3.63. The van der Waals surface area contributed by atoms with Crippen LogP contribution in [0.1, 0.15) is 12.6 Å². The van der Waals surface area contributed by atoms with E-state index in [1.54, 1.807) is 13.0 Å². The van der Waals surface area contributed by atoms with E-state index in [9.17, 15) is 9.59 Å². The van der Waals surface area contributed by atoms with Crippen molar-refractivity contribution in [2.75, 3.05) is 11.1 Å². The summed E-state index contributed by atoms with van der Waals surface area (Å²) >= 11 is 19.0. The average molecular weight is 392 g/mol. The molecule has 0 atom stereocenters. The molecule has 1 heterocycles. The minimum Gasteiger partial charge on any atom is -0.346 e. The van der Waals surface area contributed by atoms with Gasteiger partial charge in [-0.15, -0.1) is 0 Å². The number of nitrogens with zero attached hydrogens (tertiary/aromatic N) is 2. The molecule has 0 spiro atoms. The Bertz CT molecular complexity index is 894. The zero-order valence-electron chi connectivity index (χ0n) is 11.6. The SMILES string of the molecule is CCSn1c(=O)[nH]c(C#N)c(Nc2c(Cl)cc(Cl)cc2Cl)c1=O. The number of anilines is 2. The van der Waals surface area contributed by atoms with E-state index in [1.165, 1.54) is 12.1 Å². The highest BCUT2D eigenvalue weighted by molar-refractivity contribution is 7.97. The molecule has 10 heteroatoms. The molecule has 0 amide bonds. The number of benzene rings is 1. The van der Waals surface area contributed by atoms with Gasteiger partial charge < -0.3 is 5.32 Å². The zero-order chi connectivity index (χ0) is 17.1. The van der Waals surface area contributed by atoms with Crippen molar-refractivity contribution in [3.05, 3.63) is 53.7 Å². The third-order valence-corrected chi connectivity index (χ3v) is 4.35. The Morgan fingerprint density at radius 1 is 1.26 bits per heavy atom. The van der Waals surface area contributed by atoms with Crippen molar-refractivity contribution < 1.29 is 0 Å². The largest absolute Gasteiger partial charge is 0.346 e. The molecular weight excluding hydrogens is 383 g/mol. The molecule has 0 aliphatic rings. The quantitative estimate of drug-likeness (QED) is 0.830. The Kier molecular flexibility index (Phi) is 5.65. The third kappa shape index (κ3) is 3.67. The zero-order valence-corrected chi connectivity index (χ0v) is 14.7. The van der Waals surface area contributed by atoms with Crippen LogP contribution < -0.4 is 16.6 Å². The lowest BCUT2D eigenvalue weighted by Gasteiger charge is -2.12. The molecule has 23 heavy (non-hydrogen) atoms. The highest BCUT2D eigenvalue weighted by atomic mass is 35.5. The Labute approximate surface area is 150 Å². The van der Waals surface area contributed by atoms with Crippen LogP contribution in [0.15, 0.2) is 21.7 Å². The van der Waals surface area contributed by atoms with Crippen LogP contribution in [-0.4, -0.2) is 14.7 Å². The Morgan fingerprint density at radius 3 is 2.39 bits per heavy atom. The van der Waals surface area contributed by atoms with Gasteiger partial charge in [0.05, 0.1) is 15.7 Å². The van der Waals surface area contributed by atoms with E-state index in [2.05, 4.69) is 10.3 Å². The first-order valence-corrected chi connectivity index (χ1v) is 8.31. The molecule has 120 valence electrons. The number of nitriles is 1. The second kappa shape index (κ2) is 7.32. The molecule has 0 fully saturated rings. The Hall–Kier alpha value is -1.59. The van der Waals surface area contributed by atoms with Crippen LogP contribution in [-0.2, 0) is 0 Å². The second-order valence-electron chi connectivity index (χ2n) is 4.18. The molecule has 2 rings (SSSR count). The number of aromatic amines is 1. The first kappa shape index (κ1) is 17.8. The van der Waals surface area contributed by atoms with Crippen molar-refractivity contribution in [2.24, 2.45) is 0 Å². The van der Waals surface area contributed by atoms with Gasteiger partial charge >= 0.3 is 5.69 Å². The number of halogens is 3. The maximum atomic E-state index is 12.4. The highest BCUT2D eigenvalue weighted by Gasteiger charge is 2.17. The molecule has 0 saturated carbocycles. The van der Waals surface area contributed by atoms with Gasteiger partial charge in [-0.2, -0.15) is 9.23 Å². The number of rotatable bonds is 4. The Morgan fingerprint density at radius 2 is 1.87 bits per heavy atom. The molecule has 0 aliphatic heterocycles. The molecule has 1 aromatic heterocycles.